The van der Waals surface area contributed by atoms with E-state index in [1.807, 2.05) is 39.0 Å². The minimum atomic E-state index is -1.59. The lowest BCUT2D eigenvalue weighted by Gasteiger charge is -2.34. The number of esters is 2. The Kier molecular flexibility index (Phi) is 6.65. The van der Waals surface area contributed by atoms with E-state index in [1.165, 1.54) is 7.11 Å². The number of hydrogen-bond donors (Lipinski definition) is 3. The maximum Gasteiger partial charge on any atom is 0.307 e. The first-order valence-electron chi connectivity index (χ1n) is 14.3. The zero-order valence-corrected chi connectivity index (χ0v) is 25.1. The molecule has 6 aliphatic rings. The molecule has 10 heteroatoms. The van der Waals surface area contributed by atoms with E-state index >= 15 is 0 Å². The molecule has 0 amide bonds. The first-order chi connectivity index (χ1) is 20.3. The molecule has 0 aromatic heterocycles. The number of aliphatic hydroxyl groups excluding tert-OH is 1. The number of ether oxygens (including phenoxy) is 2. The molecule has 0 radical (unpaired) electrons. The van der Waals surface area contributed by atoms with Gasteiger partial charge in [-0.25, -0.2) is 15.0 Å². The average Bonchev–Trinajstić information content (AvgIpc) is 3.70. The van der Waals surface area contributed by atoms with E-state index in [-0.39, 0.29) is 31.0 Å². The maximum absolute atomic E-state index is 12.5. The lowest BCUT2D eigenvalue weighted by Crippen LogP contribution is -2.49. The molecule has 2 saturated heterocycles. The van der Waals surface area contributed by atoms with Gasteiger partial charge in [0.05, 0.1) is 58.5 Å². The Morgan fingerprint density at radius 2 is 1.79 bits per heavy atom. The number of hydrogen-bond acceptors (Lipinski definition) is 10. The lowest BCUT2D eigenvalue weighted by atomic mass is 9.80. The van der Waals surface area contributed by atoms with E-state index in [4.69, 9.17) is 24.5 Å². The molecule has 6 heterocycles. The van der Waals surface area contributed by atoms with Crippen molar-refractivity contribution in [3.05, 3.63) is 92.5 Å². The summed E-state index contributed by atoms with van der Waals surface area (Å²) in [6.45, 7) is 9.04. The van der Waals surface area contributed by atoms with Crippen molar-refractivity contribution in [2.24, 2.45) is 15.0 Å². The summed E-state index contributed by atoms with van der Waals surface area (Å²) in [6, 6.07) is 0. The summed E-state index contributed by atoms with van der Waals surface area (Å²) in [5, 5.41) is 25.9. The van der Waals surface area contributed by atoms with Gasteiger partial charge in [0.1, 0.15) is 5.60 Å². The van der Waals surface area contributed by atoms with E-state index < -0.39 is 17.2 Å². The number of nitrogens with zero attached hydrogens (tertiary/aromatic N) is 3. The molecule has 6 aliphatic heterocycles. The molecule has 0 aliphatic carbocycles. The molecule has 0 saturated carbocycles. The van der Waals surface area contributed by atoms with Gasteiger partial charge in [-0.3, -0.25) is 9.59 Å². The van der Waals surface area contributed by atoms with E-state index in [0.717, 1.165) is 22.3 Å². The van der Waals surface area contributed by atoms with Crippen molar-refractivity contribution in [1.29, 1.82) is 0 Å². The van der Waals surface area contributed by atoms with E-state index in [2.05, 4.69) is 5.32 Å². The topological polar surface area (TPSA) is 142 Å². The Hall–Kier alpha value is -4.57. The Labute approximate surface area is 249 Å². The summed E-state index contributed by atoms with van der Waals surface area (Å²) in [6.07, 6.45) is 10.1. The normalized spacial score (nSPS) is 29.0. The van der Waals surface area contributed by atoms with E-state index in [9.17, 15) is 19.8 Å². The smallest absolute Gasteiger partial charge is 0.307 e. The highest BCUT2D eigenvalue weighted by molar-refractivity contribution is 6.17. The fraction of sp³-hybridized carbons (Fsp3) is 0.364. The van der Waals surface area contributed by atoms with Crippen LogP contribution in [0.3, 0.4) is 0 Å². The van der Waals surface area contributed by atoms with Gasteiger partial charge in [-0.05, 0) is 93.7 Å². The van der Waals surface area contributed by atoms with Gasteiger partial charge < -0.3 is 25.0 Å². The highest BCUT2D eigenvalue weighted by Gasteiger charge is 2.63. The number of aliphatic imine (C=N–C) groups is 3. The Morgan fingerprint density at radius 1 is 1.02 bits per heavy atom. The molecule has 6 rings (SSSR count). The van der Waals surface area contributed by atoms with Gasteiger partial charge in [0.2, 0.25) is 0 Å². The van der Waals surface area contributed by atoms with Crippen molar-refractivity contribution in [1.82, 2.24) is 5.32 Å². The van der Waals surface area contributed by atoms with Crippen molar-refractivity contribution in [2.45, 2.75) is 71.5 Å². The Morgan fingerprint density at radius 3 is 2.47 bits per heavy atom. The van der Waals surface area contributed by atoms with Gasteiger partial charge in [0, 0.05) is 24.8 Å². The van der Waals surface area contributed by atoms with Gasteiger partial charge in [0.15, 0.2) is 5.60 Å². The molecule has 0 unspecified atom stereocenters. The second-order valence-corrected chi connectivity index (χ2v) is 11.7. The van der Waals surface area contributed by atoms with Crippen molar-refractivity contribution < 1.29 is 29.3 Å². The fourth-order valence-corrected chi connectivity index (χ4v) is 6.43. The van der Waals surface area contributed by atoms with Crippen molar-refractivity contribution in [2.75, 3.05) is 7.11 Å². The van der Waals surface area contributed by atoms with Crippen molar-refractivity contribution >= 4 is 29.1 Å². The predicted octanol–water partition coefficient (Wildman–Crippen LogP) is 4.65. The maximum atomic E-state index is 12.5. The highest BCUT2D eigenvalue weighted by atomic mass is 16.6. The molecular formula is C33H34N4O6. The van der Waals surface area contributed by atoms with E-state index in [0.29, 0.717) is 57.6 Å². The van der Waals surface area contributed by atoms with Crippen LogP contribution in [0.15, 0.2) is 107 Å². The van der Waals surface area contributed by atoms with Crippen LogP contribution >= 0.6 is 0 Å². The van der Waals surface area contributed by atoms with Crippen LogP contribution in [0.1, 0.15) is 60.3 Å². The van der Waals surface area contributed by atoms with Gasteiger partial charge in [-0.15, -0.1) is 0 Å². The lowest BCUT2D eigenvalue weighted by molar-refractivity contribution is -0.158. The predicted molar refractivity (Wildman–Crippen MR) is 162 cm³/mol. The molecule has 8 bridgehead atoms. The largest absolute Gasteiger partial charge is 0.512 e. The number of aliphatic hydroxyl groups is 2. The zero-order valence-electron chi connectivity index (χ0n) is 25.1. The third-order valence-electron chi connectivity index (χ3n) is 8.93. The average molecular weight is 583 g/mol. The SMILES string of the molecule is COC(=O)CCC1=C(C)C2=CC3=C(C)/C(=C(\C)O)C(=N3)C=C3N=C(C=C3C)C=C3NC(=CC1=N2)[C@]1(CCC(=O)O1)[C@@]3(C)O. The molecule has 10 nitrogen and oxygen atoms in total. The Bertz CT molecular complexity index is 1750. The standard InChI is InChI=1S/C33H34N4O6/c1-16-11-20-12-27-32(5,41)33(10-9-30(40)43-33)28(37-27)15-25-21(7-8-29(39)42-6)17(2)23(35-25)14-24-18(3)31(19(4)38)26(36-24)13-22(16)34-20/h11-15,37-38,41H,7-10H2,1-6H3/b22-13?,23-14?,27-12?,28-15?,31-19-/t32-,33+/m0/s1. The number of carbonyl (C=O) groups is 2. The van der Waals surface area contributed by atoms with Gasteiger partial charge in [0.25, 0.3) is 0 Å². The molecule has 2 fully saturated rings. The summed E-state index contributed by atoms with van der Waals surface area (Å²) in [5.74, 6) is -0.600. The number of rotatable bonds is 3. The number of methoxy groups -OCH3 is 1. The fourth-order valence-electron chi connectivity index (χ4n) is 6.43. The summed E-state index contributed by atoms with van der Waals surface area (Å²) in [4.78, 5) is 39.3. The summed E-state index contributed by atoms with van der Waals surface area (Å²) in [7, 11) is 1.35. The van der Waals surface area contributed by atoms with Crippen LogP contribution in [-0.4, -0.2) is 57.6 Å². The van der Waals surface area contributed by atoms with Gasteiger partial charge in [-0.1, -0.05) is 0 Å². The molecule has 0 aromatic rings. The number of allylic oxidation sites excluding steroid dienone is 11. The summed E-state index contributed by atoms with van der Waals surface area (Å²) < 4.78 is 10.8. The van der Waals surface area contributed by atoms with Crippen molar-refractivity contribution in [3.8, 4) is 0 Å². The quantitative estimate of drug-likeness (QED) is 0.325. The van der Waals surface area contributed by atoms with Crippen LogP contribution in [0.5, 0.6) is 0 Å². The molecule has 3 N–H and O–H groups in total. The molecule has 222 valence electrons. The van der Waals surface area contributed by atoms with Crippen molar-refractivity contribution in [3.63, 3.8) is 0 Å². The molecule has 0 aromatic carbocycles. The van der Waals surface area contributed by atoms with Gasteiger partial charge in [-0.2, -0.15) is 0 Å². The van der Waals surface area contributed by atoms with Crippen LogP contribution in [0.2, 0.25) is 0 Å². The van der Waals surface area contributed by atoms with E-state index in [1.54, 1.807) is 26.0 Å². The minimum absolute atomic E-state index is 0.144. The van der Waals surface area contributed by atoms with Crippen LogP contribution in [-0.2, 0) is 19.1 Å². The molecular weight excluding hydrogens is 548 g/mol. The molecule has 43 heavy (non-hydrogen) atoms. The zero-order chi connectivity index (χ0) is 30.8. The number of fused-ring (bicyclic) bond motifs is 6. The van der Waals surface area contributed by atoms with Crippen LogP contribution in [0.4, 0.5) is 0 Å². The van der Waals surface area contributed by atoms with Crippen LogP contribution in [0.25, 0.3) is 0 Å². The number of carbonyl (C=O) groups excluding carboxylic acids is 2. The highest BCUT2D eigenvalue weighted by Crippen LogP contribution is 2.50. The number of nitrogens with one attached hydrogen (secondary N) is 1. The Balaban J connectivity index is 1.61. The third-order valence-corrected chi connectivity index (χ3v) is 8.93. The summed E-state index contributed by atoms with van der Waals surface area (Å²) in [5.41, 5.74) is 5.73. The minimum Gasteiger partial charge on any atom is -0.512 e. The van der Waals surface area contributed by atoms with Gasteiger partial charge >= 0.3 is 11.9 Å². The van der Waals surface area contributed by atoms with Crippen LogP contribution < -0.4 is 5.32 Å². The molecule has 2 atom stereocenters. The third kappa shape index (κ3) is 4.48. The first-order valence-corrected chi connectivity index (χ1v) is 14.3. The first kappa shape index (κ1) is 28.5. The second kappa shape index (κ2) is 10.0. The molecule has 1 spiro atoms. The van der Waals surface area contributed by atoms with Crippen LogP contribution in [0, 0.1) is 0 Å². The monoisotopic (exact) mass is 582 g/mol. The second-order valence-electron chi connectivity index (χ2n) is 11.7. The summed E-state index contributed by atoms with van der Waals surface area (Å²) >= 11 is 0.